The van der Waals surface area contributed by atoms with Crippen LogP contribution in [0.5, 0.6) is 0 Å². The minimum atomic E-state index is 0.881. The Labute approximate surface area is 63.0 Å². The topological polar surface area (TPSA) is 26.0 Å². The van der Waals surface area contributed by atoms with Gasteiger partial charge in [-0.15, -0.1) is 0 Å². The van der Waals surface area contributed by atoms with Crippen LogP contribution in [0.2, 0.25) is 0 Å². The van der Waals surface area contributed by atoms with Crippen molar-refractivity contribution < 1.29 is 0 Å². The molecule has 2 rings (SSSR count). The summed E-state index contributed by atoms with van der Waals surface area (Å²) in [5, 5.41) is 0. The monoisotopic (exact) mass is 139 g/mol. The second kappa shape index (κ2) is 2.54. The minimum Gasteiger partial charge on any atom is -0.330 e. The van der Waals surface area contributed by atoms with Gasteiger partial charge in [0.1, 0.15) is 0 Å². The van der Waals surface area contributed by atoms with Crippen LogP contribution in [-0.2, 0) is 0 Å². The molecule has 0 aromatic heterocycles. The van der Waals surface area contributed by atoms with Gasteiger partial charge in [0.05, 0.1) is 0 Å². The molecule has 2 N–H and O–H groups in total. The van der Waals surface area contributed by atoms with Crippen LogP contribution in [0, 0.1) is 17.8 Å². The molecule has 10 heavy (non-hydrogen) atoms. The molecule has 2 atom stereocenters. The van der Waals surface area contributed by atoms with Gasteiger partial charge in [0.2, 0.25) is 0 Å². The van der Waals surface area contributed by atoms with Crippen LogP contribution in [0.1, 0.15) is 32.1 Å². The molecule has 58 valence electrons. The van der Waals surface area contributed by atoms with Crippen LogP contribution in [0.4, 0.5) is 0 Å². The Morgan fingerprint density at radius 3 is 2.10 bits per heavy atom. The van der Waals surface area contributed by atoms with Gasteiger partial charge < -0.3 is 5.73 Å². The normalized spacial score (nSPS) is 45.9. The summed E-state index contributed by atoms with van der Waals surface area (Å²) in [6, 6.07) is 0. The van der Waals surface area contributed by atoms with Crippen molar-refractivity contribution in [1.29, 1.82) is 0 Å². The lowest BCUT2D eigenvalue weighted by molar-refractivity contribution is 0.267. The Hall–Kier alpha value is -0.0400. The number of nitrogens with two attached hydrogens (primary N) is 1. The maximum Gasteiger partial charge on any atom is -0.00487 e. The van der Waals surface area contributed by atoms with E-state index in [2.05, 4.69) is 0 Å². The molecule has 0 amide bonds. The molecular weight excluding hydrogens is 122 g/mol. The molecule has 2 saturated carbocycles. The number of hydrogen-bond donors (Lipinski definition) is 1. The minimum absolute atomic E-state index is 0.881. The molecule has 0 spiro atoms. The molecule has 0 unspecified atom stereocenters. The van der Waals surface area contributed by atoms with Crippen LogP contribution >= 0.6 is 0 Å². The summed E-state index contributed by atoms with van der Waals surface area (Å²) < 4.78 is 0. The Bertz CT molecular complexity index is 110. The number of rotatable bonds is 1. The molecule has 2 aliphatic rings. The fourth-order valence-corrected chi connectivity index (χ4v) is 2.84. The first-order valence-electron chi connectivity index (χ1n) is 4.58. The molecule has 1 heteroatoms. The zero-order chi connectivity index (χ0) is 6.97. The Morgan fingerprint density at radius 2 is 1.60 bits per heavy atom. The Kier molecular flexibility index (Phi) is 1.69. The van der Waals surface area contributed by atoms with E-state index in [1.807, 2.05) is 0 Å². The molecule has 0 heterocycles. The molecule has 1 nitrogen and oxygen atoms in total. The zero-order valence-corrected chi connectivity index (χ0v) is 6.55. The Balaban J connectivity index is 1.96. The molecule has 2 bridgehead atoms. The van der Waals surface area contributed by atoms with Gasteiger partial charge in [-0.2, -0.15) is 0 Å². The van der Waals surface area contributed by atoms with Crippen molar-refractivity contribution in [3.8, 4) is 0 Å². The van der Waals surface area contributed by atoms with Crippen molar-refractivity contribution in [2.24, 2.45) is 23.5 Å². The van der Waals surface area contributed by atoms with Crippen molar-refractivity contribution in [2.45, 2.75) is 32.1 Å². The third-order valence-electron chi connectivity index (χ3n) is 3.32. The van der Waals surface area contributed by atoms with E-state index in [0.29, 0.717) is 0 Å². The van der Waals surface area contributed by atoms with Crippen molar-refractivity contribution >= 4 is 0 Å². The van der Waals surface area contributed by atoms with Gasteiger partial charge in [-0.3, -0.25) is 0 Å². The second-order valence-corrected chi connectivity index (χ2v) is 4.12. The van der Waals surface area contributed by atoms with E-state index in [1.165, 1.54) is 32.1 Å². The lowest BCUT2D eigenvalue weighted by atomic mass is 9.81. The molecule has 2 fully saturated rings. The van der Waals surface area contributed by atoms with Crippen LogP contribution in [0.25, 0.3) is 0 Å². The van der Waals surface area contributed by atoms with Gasteiger partial charge in [-0.25, -0.2) is 0 Å². The summed E-state index contributed by atoms with van der Waals surface area (Å²) in [6.07, 6.45) is 7.40. The van der Waals surface area contributed by atoms with E-state index >= 15 is 0 Å². The standard InChI is InChI=1S/C9H17N/c10-6-9-4-7-1-2-8(3-7)5-9/h7-9H,1-6,10H2/t7-,8-/m0/s1. The fourth-order valence-electron chi connectivity index (χ4n) is 2.84. The maximum absolute atomic E-state index is 5.66. The van der Waals surface area contributed by atoms with E-state index in [4.69, 9.17) is 5.73 Å². The van der Waals surface area contributed by atoms with Crippen LogP contribution in [0.3, 0.4) is 0 Å². The van der Waals surface area contributed by atoms with E-state index in [1.54, 1.807) is 0 Å². The van der Waals surface area contributed by atoms with Crippen LogP contribution in [-0.4, -0.2) is 6.54 Å². The highest BCUT2D eigenvalue weighted by atomic mass is 14.6. The fraction of sp³-hybridized carbons (Fsp3) is 1.00. The molecule has 0 aromatic rings. The van der Waals surface area contributed by atoms with E-state index in [9.17, 15) is 0 Å². The van der Waals surface area contributed by atoms with Gasteiger partial charge in [0, 0.05) is 0 Å². The molecule has 0 saturated heterocycles. The highest BCUT2D eigenvalue weighted by Gasteiger charge is 2.32. The van der Waals surface area contributed by atoms with Crippen molar-refractivity contribution in [3.05, 3.63) is 0 Å². The van der Waals surface area contributed by atoms with Gasteiger partial charge >= 0.3 is 0 Å². The smallest absolute Gasteiger partial charge is 0.00487 e. The average molecular weight is 139 g/mol. The quantitative estimate of drug-likeness (QED) is 0.588. The molecule has 0 radical (unpaired) electrons. The second-order valence-electron chi connectivity index (χ2n) is 4.12. The maximum atomic E-state index is 5.66. The molecular formula is C9H17N. The number of fused-ring (bicyclic) bond motifs is 2. The largest absolute Gasteiger partial charge is 0.330 e. The SMILES string of the molecule is NCC1C[C@H]2CC[C@H](C1)C2. The zero-order valence-electron chi connectivity index (χ0n) is 6.55. The van der Waals surface area contributed by atoms with E-state index < -0.39 is 0 Å². The van der Waals surface area contributed by atoms with Crippen molar-refractivity contribution in [2.75, 3.05) is 6.54 Å². The van der Waals surface area contributed by atoms with Crippen molar-refractivity contribution in [1.82, 2.24) is 0 Å². The Morgan fingerprint density at radius 1 is 1.00 bits per heavy atom. The summed E-state index contributed by atoms with van der Waals surface area (Å²) in [7, 11) is 0. The summed E-state index contributed by atoms with van der Waals surface area (Å²) in [6.45, 7) is 0.938. The third-order valence-corrected chi connectivity index (χ3v) is 3.32. The lowest BCUT2D eigenvalue weighted by Gasteiger charge is -2.26. The highest BCUT2D eigenvalue weighted by Crippen LogP contribution is 2.44. The predicted octanol–water partition coefficient (Wildman–Crippen LogP) is 1.77. The molecule has 2 aliphatic carbocycles. The summed E-state index contributed by atoms with van der Waals surface area (Å²) >= 11 is 0. The highest BCUT2D eigenvalue weighted by molar-refractivity contribution is 4.85. The first-order valence-corrected chi connectivity index (χ1v) is 4.58. The van der Waals surface area contributed by atoms with E-state index in [-0.39, 0.29) is 0 Å². The first-order chi connectivity index (χ1) is 4.88. The van der Waals surface area contributed by atoms with E-state index in [0.717, 1.165) is 24.3 Å². The number of hydrogen-bond acceptors (Lipinski definition) is 1. The summed E-state index contributed by atoms with van der Waals surface area (Å²) in [5.41, 5.74) is 5.66. The van der Waals surface area contributed by atoms with Gasteiger partial charge in [0.25, 0.3) is 0 Å². The van der Waals surface area contributed by atoms with Gasteiger partial charge in [-0.1, -0.05) is 12.8 Å². The molecule has 0 aromatic carbocycles. The molecule has 0 aliphatic heterocycles. The summed E-state index contributed by atoms with van der Waals surface area (Å²) in [5.74, 6) is 3.01. The third kappa shape index (κ3) is 1.07. The first kappa shape index (κ1) is 6.66. The summed E-state index contributed by atoms with van der Waals surface area (Å²) in [4.78, 5) is 0. The van der Waals surface area contributed by atoms with Gasteiger partial charge in [0.15, 0.2) is 0 Å². The predicted molar refractivity (Wildman–Crippen MR) is 42.6 cm³/mol. The van der Waals surface area contributed by atoms with Crippen LogP contribution in [0.15, 0.2) is 0 Å². The van der Waals surface area contributed by atoms with Crippen LogP contribution < -0.4 is 5.73 Å². The van der Waals surface area contributed by atoms with Gasteiger partial charge in [-0.05, 0) is 43.6 Å². The average Bonchev–Trinajstić information content (AvgIpc) is 2.30. The lowest BCUT2D eigenvalue weighted by Crippen LogP contribution is -2.22. The van der Waals surface area contributed by atoms with Crippen molar-refractivity contribution in [3.63, 3.8) is 0 Å².